The highest BCUT2D eigenvalue weighted by Crippen LogP contribution is 1.98. The Morgan fingerprint density at radius 3 is 2.71 bits per heavy atom. The molecule has 1 rings (SSSR count). The van der Waals surface area contributed by atoms with E-state index in [0.717, 1.165) is 18.7 Å². The molecule has 17 heavy (non-hydrogen) atoms. The second-order valence-electron chi connectivity index (χ2n) is 5.17. The summed E-state index contributed by atoms with van der Waals surface area (Å²) in [6.45, 7) is 7.05. The minimum atomic E-state index is -0.166. The molecule has 2 N–H and O–H groups in total. The summed E-state index contributed by atoms with van der Waals surface area (Å²) in [5.41, 5.74) is 0.995. The van der Waals surface area contributed by atoms with E-state index in [1.165, 1.54) is 0 Å². The van der Waals surface area contributed by atoms with Gasteiger partial charge in [0.05, 0.1) is 6.54 Å². The number of aromatic nitrogens is 2. The van der Waals surface area contributed by atoms with Crippen LogP contribution in [0.5, 0.6) is 0 Å². The molecule has 0 atom stereocenters. The molecule has 0 fully saturated rings. The van der Waals surface area contributed by atoms with Gasteiger partial charge in [0.1, 0.15) is 0 Å². The number of amides is 1. The lowest BCUT2D eigenvalue weighted by molar-refractivity contribution is -0.121. The van der Waals surface area contributed by atoms with Gasteiger partial charge in [0.2, 0.25) is 5.91 Å². The van der Waals surface area contributed by atoms with Crippen molar-refractivity contribution >= 4 is 5.91 Å². The van der Waals surface area contributed by atoms with Crippen molar-refractivity contribution in [3.8, 4) is 0 Å². The van der Waals surface area contributed by atoms with Crippen LogP contribution in [0.2, 0.25) is 0 Å². The van der Waals surface area contributed by atoms with Crippen molar-refractivity contribution in [2.24, 2.45) is 7.05 Å². The zero-order chi connectivity index (χ0) is 12.9. The summed E-state index contributed by atoms with van der Waals surface area (Å²) in [6, 6.07) is 1.98. The van der Waals surface area contributed by atoms with Gasteiger partial charge < -0.3 is 10.6 Å². The molecule has 5 heteroatoms. The Morgan fingerprint density at radius 1 is 1.47 bits per heavy atom. The summed E-state index contributed by atoms with van der Waals surface area (Å²) in [5, 5.41) is 10.1. The fraction of sp³-hybridized carbons (Fsp3) is 0.667. The molecule has 1 amide bonds. The predicted molar refractivity (Wildman–Crippen MR) is 67.7 cm³/mol. The summed E-state index contributed by atoms with van der Waals surface area (Å²) in [4.78, 5) is 11.5. The van der Waals surface area contributed by atoms with E-state index in [2.05, 4.69) is 15.7 Å². The number of nitrogens with zero attached hydrogens (tertiary/aromatic N) is 2. The number of aryl methyl sites for hydroxylation is 1. The molecule has 1 aromatic heterocycles. The normalized spacial score (nSPS) is 11.5. The Bertz CT molecular complexity index is 365. The number of hydrogen-bond donors (Lipinski definition) is 2. The molecule has 0 unspecified atom stereocenters. The van der Waals surface area contributed by atoms with Gasteiger partial charge in [0.25, 0.3) is 0 Å². The molecule has 0 spiro atoms. The molecule has 0 aliphatic heterocycles. The van der Waals surface area contributed by atoms with Gasteiger partial charge in [0, 0.05) is 37.4 Å². The molecule has 1 aromatic rings. The minimum Gasteiger partial charge on any atom is -0.350 e. The third-order valence-electron chi connectivity index (χ3n) is 2.28. The molecule has 0 saturated carbocycles. The van der Waals surface area contributed by atoms with E-state index < -0.39 is 0 Å². The SMILES string of the molecule is Cn1nccc1CCNCC(=O)NC(C)(C)C. The predicted octanol–water partition coefficient (Wildman–Crippen LogP) is 0.467. The van der Waals surface area contributed by atoms with Crippen LogP contribution >= 0.6 is 0 Å². The van der Waals surface area contributed by atoms with E-state index in [-0.39, 0.29) is 11.4 Å². The molecule has 0 bridgehead atoms. The lowest BCUT2D eigenvalue weighted by Gasteiger charge is -2.20. The van der Waals surface area contributed by atoms with Crippen LogP contribution in [-0.4, -0.2) is 34.3 Å². The van der Waals surface area contributed by atoms with Gasteiger partial charge in [-0.05, 0) is 26.8 Å². The van der Waals surface area contributed by atoms with Gasteiger partial charge >= 0.3 is 0 Å². The highest BCUT2D eigenvalue weighted by molar-refractivity contribution is 5.78. The van der Waals surface area contributed by atoms with Crippen LogP contribution in [0, 0.1) is 0 Å². The maximum atomic E-state index is 11.5. The Balaban J connectivity index is 2.17. The summed E-state index contributed by atoms with van der Waals surface area (Å²) in [5.74, 6) is 0.0301. The van der Waals surface area contributed by atoms with Crippen LogP contribution in [0.3, 0.4) is 0 Å². The first kappa shape index (κ1) is 13.7. The Hall–Kier alpha value is -1.36. The molecule has 0 saturated heterocycles. The van der Waals surface area contributed by atoms with Crippen molar-refractivity contribution in [1.82, 2.24) is 20.4 Å². The molecule has 0 radical (unpaired) electrons. The lowest BCUT2D eigenvalue weighted by atomic mass is 10.1. The van der Waals surface area contributed by atoms with E-state index in [9.17, 15) is 4.79 Å². The van der Waals surface area contributed by atoms with Crippen molar-refractivity contribution in [2.45, 2.75) is 32.7 Å². The highest BCUT2D eigenvalue weighted by Gasteiger charge is 2.12. The van der Waals surface area contributed by atoms with Crippen molar-refractivity contribution in [3.63, 3.8) is 0 Å². The zero-order valence-corrected chi connectivity index (χ0v) is 11.1. The molecular formula is C12H22N4O. The molecule has 0 aliphatic carbocycles. The highest BCUT2D eigenvalue weighted by atomic mass is 16.2. The van der Waals surface area contributed by atoms with Crippen LogP contribution in [-0.2, 0) is 18.3 Å². The zero-order valence-electron chi connectivity index (χ0n) is 11.1. The summed E-state index contributed by atoms with van der Waals surface area (Å²) in [6.07, 6.45) is 2.65. The first-order chi connectivity index (χ1) is 7.88. The monoisotopic (exact) mass is 238 g/mol. The number of hydrogen-bond acceptors (Lipinski definition) is 3. The van der Waals surface area contributed by atoms with Crippen LogP contribution in [0.4, 0.5) is 0 Å². The molecule has 5 nitrogen and oxygen atoms in total. The van der Waals surface area contributed by atoms with Gasteiger partial charge in [-0.1, -0.05) is 0 Å². The second kappa shape index (κ2) is 5.82. The van der Waals surface area contributed by atoms with Crippen LogP contribution in [0.15, 0.2) is 12.3 Å². The summed E-state index contributed by atoms with van der Waals surface area (Å²) < 4.78 is 1.84. The third kappa shape index (κ3) is 5.49. The first-order valence-electron chi connectivity index (χ1n) is 5.87. The largest absolute Gasteiger partial charge is 0.350 e. The van der Waals surface area contributed by atoms with E-state index in [1.807, 2.05) is 38.6 Å². The Morgan fingerprint density at radius 2 is 2.18 bits per heavy atom. The van der Waals surface area contributed by atoms with Gasteiger partial charge in [0.15, 0.2) is 0 Å². The second-order valence-corrected chi connectivity index (χ2v) is 5.17. The molecular weight excluding hydrogens is 216 g/mol. The number of nitrogens with one attached hydrogen (secondary N) is 2. The van der Waals surface area contributed by atoms with Crippen molar-refractivity contribution in [3.05, 3.63) is 18.0 Å². The third-order valence-corrected chi connectivity index (χ3v) is 2.28. The van der Waals surface area contributed by atoms with E-state index >= 15 is 0 Å². The average Bonchev–Trinajstić information content (AvgIpc) is 2.56. The fourth-order valence-electron chi connectivity index (χ4n) is 1.53. The van der Waals surface area contributed by atoms with Crippen LogP contribution in [0.1, 0.15) is 26.5 Å². The topological polar surface area (TPSA) is 59.0 Å². The van der Waals surface area contributed by atoms with Gasteiger partial charge in [-0.15, -0.1) is 0 Å². The van der Waals surface area contributed by atoms with Gasteiger partial charge in [-0.2, -0.15) is 5.10 Å². The van der Waals surface area contributed by atoms with Gasteiger partial charge in [-0.3, -0.25) is 9.48 Å². The van der Waals surface area contributed by atoms with Crippen molar-refractivity contribution in [2.75, 3.05) is 13.1 Å². The van der Waals surface area contributed by atoms with E-state index in [4.69, 9.17) is 0 Å². The van der Waals surface area contributed by atoms with Gasteiger partial charge in [-0.25, -0.2) is 0 Å². The van der Waals surface area contributed by atoms with Crippen molar-refractivity contribution in [1.29, 1.82) is 0 Å². The quantitative estimate of drug-likeness (QED) is 0.733. The maximum absolute atomic E-state index is 11.5. The van der Waals surface area contributed by atoms with Crippen LogP contribution < -0.4 is 10.6 Å². The Labute approximate surface area is 103 Å². The van der Waals surface area contributed by atoms with Crippen molar-refractivity contribution < 1.29 is 4.79 Å². The number of carbonyl (C=O) groups is 1. The molecule has 0 aromatic carbocycles. The lowest BCUT2D eigenvalue weighted by Crippen LogP contribution is -2.45. The molecule has 0 aliphatic rings. The Kier molecular flexibility index (Phi) is 4.69. The van der Waals surface area contributed by atoms with Crippen LogP contribution in [0.25, 0.3) is 0 Å². The van der Waals surface area contributed by atoms with E-state index in [0.29, 0.717) is 6.54 Å². The standard InChI is InChI=1S/C12H22N4O/c1-12(2,3)15-11(17)9-13-7-5-10-6-8-14-16(10)4/h6,8,13H,5,7,9H2,1-4H3,(H,15,17). The smallest absolute Gasteiger partial charge is 0.234 e. The fourth-order valence-corrected chi connectivity index (χ4v) is 1.53. The number of rotatable bonds is 5. The average molecular weight is 238 g/mol. The minimum absolute atomic E-state index is 0.0301. The van der Waals surface area contributed by atoms with E-state index in [1.54, 1.807) is 6.20 Å². The molecule has 96 valence electrons. The summed E-state index contributed by atoms with van der Waals surface area (Å²) in [7, 11) is 1.92. The first-order valence-corrected chi connectivity index (χ1v) is 5.87. The summed E-state index contributed by atoms with van der Waals surface area (Å²) >= 11 is 0. The number of carbonyl (C=O) groups excluding carboxylic acids is 1. The maximum Gasteiger partial charge on any atom is 0.234 e. The molecule has 1 heterocycles.